The maximum atomic E-state index is 12.8. The van der Waals surface area contributed by atoms with Gasteiger partial charge in [0.15, 0.2) is 5.82 Å². The molecule has 0 unspecified atom stereocenters. The van der Waals surface area contributed by atoms with Crippen LogP contribution in [-0.2, 0) is 4.79 Å². The fraction of sp³-hybridized carbons (Fsp3) is 0.409. The average molecular weight is 396 g/mol. The van der Waals surface area contributed by atoms with Gasteiger partial charge in [-0.25, -0.2) is 4.98 Å². The van der Waals surface area contributed by atoms with Crippen molar-refractivity contribution in [2.75, 3.05) is 17.7 Å². The maximum absolute atomic E-state index is 12.8. The number of nitrogens with one attached hydrogen (secondary N) is 3. The number of aromatic nitrogens is 1. The van der Waals surface area contributed by atoms with E-state index in [4.69, 9.17) is 5.73 Å². The highest BCUT2D eigenvalue weighted by Gasteiger charge is 2.27. The highest BCUT2D eigenvalue weighted by Crippen LogP contribution is 2.29. The zero-order valence-electron chi connectivity index (χ0n) is 17.0. The Morgan fingerprint density at radius 2 is 1.86 bits per heavy atom. The van der Waals surface area contributed by atoms with Gasteiger partial charge in [-0.2, -0.15) is 0 Å². The predicted molar refractivity (Wildman–Crippen MR) is 115 cm³/mol. The van der Waals surface area contributed by atoms with Crippen LogP contribution in [0.3, 0.4) is 0 Å². The molecule has 0 bridgehead atoms. The molecule has 3 rings (SSSR count). The largest absolute Gasteiger partial charge is 0.355 e. The number of carbonyl (C=O) groups is 2. The number of para-hydroxylation sites is 1. The van der Waals surface area contributed by atoms with Gasteiger partial charge in [0, 0.05) is 18.9 Å². The van der Waals surface area contributed by atoms with E-state index in [1.807, 2.05) is 31.2 Å². The van der Waals surface area contributed by atoms with Gasteiger partial charge in [0.25, 0.3) is 5.91 Å². The molecule has 0 saturated heterocycles. The molecule has 1 aromatic heterocycles. The van der Waals surface area contributed by atoms with Gasteiger partial charge in [-0.15, -0.1) is 0 Å². The summed E-state index contributed by atoms with van der Waals surface area (Å²) in [6.45, 7) is 1.98. The van der Waals surface area contributed by atoms with Crippen molar-refractivity contribution >= 4 is 29.0 Å². The summed E-state index contributed by atoms with van der Waals surface area (Å²) in [5.41, 5.74) is 8.98. The number of anilines is 3. The molecule has 5 N–H and O–H groups in total. The molecule has 1 aliphatic carbocycles. The fourth-order valence-electron chi connectivity index (χ4n) is 3.69. The lowest BCUT2D eigenvalue weighted by Gasteiger charge is -2.27. The quantitative estimate of drug-likeness (QED) is 0.600. The Labute approximate surface area is 171 Å². The lowest BCUT2D eigenvalue weighted by atomic mass is 9.84. The van der Waals surface area contributed by atoms with E-state index < -0.39 is 6.04 Å². The molecule has 1 saturated carbocycles. The van der Waals surface area contributed by atoms with Crippen LogP contribution < -0.4 is 21.7 Å². The lowest BCUT2D eigenvalue weighted by molar-refractivity contribution is -0.118. The summed E-state index contributed by atoms with van der Waals surface area (Å²) in [5, 5.41) is 8.73. The highest BCUT2D eigenvalue weighted by atomic mass is 16.2. The van der Waals surface area contributed by atoms with Gasteiger partial charge in [0.05, 0.1) is 17.3 Å². The summed E-state index contributed by atoms with van der Waals surface area (Å²) in [4.78, 5) is 29.3. The number of nitrogens with zero attached hydrogens (tertiary/aromatic N) is 1. The first-order valence-electron chi connectivity index (χ1n) is 10.1. The van der Waals surface area contributed by atoms with E-state index in [-0.39, 0.29) is 17.7 Å². The third kappa shape index (κ3) is 5.12. The topological polar surface area (TPSA) is 109 Å². The Hall–Kier alpha value is -2.93. The minimum absolute atomic E-state index is 0.187. The minimum atomic E-state index is -0.578. The summed E-state index contributed by atoms with van der Waals surface area (Å²) < 4.78 is 0. The first-order chi connectivity index (χ1) is 14.0. The molecular weight excluding hydrogens is 366 g/mol. The smallest absolute Gasteiger partial charge is 0.252 e. The summed E-state index contributed by atoms with van der Waals surface area (Å²) in [6.07, 6.45) is 6.85. The van der Waals surface area contributed by atoms with Crippen LogP contribution in [0.5, 0.6) is 0 Å². The van der Waals surface area contributed by atoms with Crippen LogP contribution >= 0.6 is 0 Å². The minimum Gasteiger partial charge on any atom is -0.355 e. The molecule has 29 heavy (non-hydrogen) atoms. The van der Waals surface area contributed by atoms with Crippen molar-refractivity contribution in [1.82, 2.24) is 10.3 Å². The number of pyridine rings is 1. The van der Waals surface area contributed by atoms with E-state index in [0.717, 1.165) is 36.9 Å². The summed E-state index contributed by atoms with van der Waals surface area (Å²) in [7, 11) is 1.55. The van der Waals surface area contributed by atoms with Crippen molar-refractivity contribution in [1.29, 1.82) is 0 Å². The van der Waals surface area contributed by atoms with Crippen molar-refractivity contribution in [3.63, 3.8) is 0 Å². The Morgan fingerprint density at radius 1 is 1.14 bits per heavy atom. The van der Waals surface area contributed by atoms with Crippen LogP contribution in [0, 0.1) is 12.8 Å². The summed E-state index contributed by atoms with van der Waals surface area (Å²) in [5.74, 6) is 0.135. The van der Waals surface area contributed by atoms with Crippen LogP contribution in [0.1, 0.15) is 48.0 Å². The van der Waals surface area contributed by atoms with Crippen molar-refractivity contribution < 1.29 is 9.59 Å². The van der Waals surface area contributed by atoms with Crippen molar-refractivity contribution in [2.45, 2.75) is 45.1 Å². The van der Waals surface area contributed by atoms with Crippen molar-refractivity contribution in [2.24, 2.45) is 11.7 Å². The van der Waals surface area contributed by atoms with E-state index >= 15 is 0 Å². The Balaban J connectivity index is 1.86. The number of hydrogen-bond donors (Lipinski definition) is 4. The molecule has 1 heterocycles. The molecular formula is C22H29N5O2. The van der Waals surface area contributed by atoms with Gasteiger partial charge in [-0.05, 0) is 43.4 Å². The summed E-state index contributed by atoms with van der Waals surface area (Å²) in [6, 6.07) is 8.84. The van der Waals surface area contributed by atoms with Crippen molar-refractivity contribution in [3.8, 4) is 0 Å². The third-order valence-electron chi connectivity index (χ3n) is 5.49. The number of nitrogens with two attached hydrogens (primary N) is 1. The van der Waals surface area contributed by atoms with Crippen LogP contribution in [0.2, 0.25) is 0 Å². The molecule has 1 aromatic carbocycles. The molecule has 2 aromatic rings. The fourth-order valence-corrected chi connectivity index (χ4v) is 3.69. The SMILES string of the molecule is CNC(=O)c1cnc(Nc2ccccc2C)c(NC(=O)[C@H](N)C2CCCCC2)c1. The van der Waals surface area contributed by atoms with E-state index in [0.29, 0.717) is 17.1 Å². The molecule has 1 atom stereocenters. The number of rotatable bonds is 6. The molecule has 0 spiro atoms. The van der Waals surface area contributed by atoms with E-state index in [1.165, 1.54) is 12.6 Å². The second kappa shape index (κ2) is 9.52. The van der Waals surface area contributed by atoms with Crippen LogP contribution in [0.25, 0.3) is 0 Å². The van der Waals surface area contributed by atoms with Crippen LogP contribution in [-0.4, -0.2) is 29.9 Å². The maximum Gasteiger partial charge on any atom is 0.252 e. The number of benzene rings is 1. The number of carbonyl (C=O) groups excluding carboxylic acids is 2. The number of hydrogen-bond acceptors (Lipinski definition) is 5. The zero-order valence-corrected chi connectivity index (χ0v) is 17.0. The second-order valence-electron chi connectivity index (χ2n) is 7.55. The van der Waals surface area contributed by atoms with Gasteiger partial charge in [0.1, 0.15) is 0 Å². The van der Waals surface area contributed by atoms with Crippen LogP contribution in [0.15, 0.2) is 36.5 Å². The van der Waals surface area contributed by atoms with Crippen LogP contribution in [0.4, 0.5) is 17.2 Å². The first kappa shape index (κ1) is 20.8. The third-order valence-corrected chi connectivity index (χ3v) is 5.49. The lowest BCUT2D eigenvalue weighted by Crippen LogP contribution is -2.42. The molecule has 154 valence electrons. The second-order valence-corrected chi connectivity index (χ2v) is 7.55. The number of amides is 2. The average Bonchev–Trinajstić information content (AvgIpc) is 2.75. The van der Waals surface area contributed by atoms with E-state index in [2.05, 4.69) is 20.9 Å². The normalized spacial score (nSPS) is 15.4. The molecule has 0 aliphatic heterocycles. The summed E-state index contributed by atoms with van der Waals surface area (Å²) >= 11 is 0. The standard InChI is InChI=1S/C22H29N5O2/c1-14-8-6-7-11-17(14)26-20-18(12-16(13-25-20)21(28)24-2)27-22(29)19(23)15-9-4-3-5-10-15/h6-8,11-13,15,19H,3-5,9-10,23H2,1-2H3,(H,24,28)(H,25,26)(H,27,29)/t19-/m1/s1. The molecule has 1 aliphatic rings. The Morgan fingerprint density at radius 3 is 2.55 bits per heavy atom. The van der Waals surface area contributed by atoms with Gasteiger partial charge in [0.2, 0.25) is 5.91 Å². The molecule has 1 fully saturated rings. The monoisotopic (exact) mass is 395 g/mol. The number of aryl methyl sites for hydroxylation is 1. The Kier molecular flexibility index (Phi) is 6.82. The molecule has 7 nitrogen and oxygen atoms in total. The van der Waals surface area contributed by atoms with E-state index in [9.17, 15) is 9.59 Å². The highest BCUT2D eigenvalue weighted by molar-refractivity contribution is 6.00. The molecule has 7 heteroatoms. The first-order valence-corrected chi connectivity index (χ1v) is 10.1. The van der Waals surface area contributed by atoms with E-state index in [1.54, 1.807) is 13.1 Å². The molecule has 0 radical (unpaired) electrons. The van der Waals surface area contributed by atoms with Crippen molar-refractivity contribution in [3.05, 3.63) is 47.7 Å². The van der Waals surface area contributed by atoms with Gasteiger partial charge >= 0.3 is 0 Å². The van der Waals surface area contributed by atoms with Gasteiger partial charge in [-0.1, -0.05) is 37.5 Å². The molecule has 2 amide bonds. The van der Waals surface area contributed by atoms with Gasteiger partial charge in [-0.3, -0.25) is 9.59 Å². The predicted octanol–water partition coefficient (Wildman–Crippen LogP) is 3.34. The zero-order chi connectivity index (χ0) is 20.8. The Bertz CT molecular complexity index is 877. The van der Waals surface area contributed by atoms with Gasteiger partial charge < -0.3 is 21.7 Å².